The number of halogens is 2. The van der Waals surface area contributed by atoms with Gasteiger partial charge in [0.1, 0.15) is 5.75 Å². The second-order valence-corrected chi connectivity index (χ2v) is 5.50. The summed E-state index contributed by atoms with van der Waals surface area (Å²) in [6.45, 7) is -0.307. The molecule has 0 heterocycles. The van der Waals surface area contributed by atoms with E-state index in [0.29, 0.717) is 27.0 Å². The van der Waals surface area contributed by atoms with Gasteiger partial charge in [-0.2, -0.15) is 5.26 Å². The summed E-state index contributed by atoms with van der Waals surface area (Å²) in [6, 6.07) is 12.1. The number of hydrogen-bond acceptors (Lipinski definition) is 4. The third-order valence-electron chi connectivity index (χ3n) is 2.85. The van der Waals surface area contributed by atoms with Gasteiger partial charge in [0.2, 0.25) is 0 Å². The van der Waals surface area contributed by atoms with Gasteiger partial charge in [0.15, 0.2) is 6.61 Å². The minimum Gasteiger partial charge on any atom is -0.484 e. The summed E-state index contributed by atoms with van der Waals surface area (Å²) >= 11 is 11.6. The molecule has 128 valence electrons. The number of hydrogen-bond donors (Lipinski definition) is 3. The molecule has 0 aliphatic heterocycles. The van der Waals surface area contributed by atoms with Crippen LogP contribution in [0.1, 0.15) is 5.56 Å². The fourth-order valence-electron chi connectivity index (χ4n) is 1.67. The molecule has 9 heteroatoms. The number of amides is 3. The Bertz CT molecular complexity index is 819. The van der Waals surface area contributed by atoms with E-state index in [9.17, 15) is 9.59 Å². The molecule has 25 heavy (non-hydrogen) atoms. The number of urea groups is 1. The van der Waals surface area contributed by atoms with Crippen LogP contribution in [0.3, 0.4) is 0 Å². The van der Waals surface area contributed by atoms with E-state index in [4.69, 9.17) is 33.2 Å². The zero-order valence-electron chi connectivity index (χ0n) is 12.7. The smallest absolute Gasteiger partial charge is 0.337 e. The number of nitrogens with zero attached hydrogens (tertiary/aromatic N) is 1. The first-order valence-corrected chi connectivity index (χ1v) is 7.67. The maximum absolute atomic E-state index is 11.7. The van der Waals surface area contributed by atoms with Gasteiger partial charge in [-0.25, -0.2) is 10.2 Å². The Morgan fingerprint density at radius 3 is 2.40 bits per heavy atom. The minimum absolute atomic E-state index is 0.291. The monoisotopic (exact) mass is 378 g/mol. The Balaban J connectivity index is 1.74. The number of carbonyl (C=O) groups excluding carboxylic acids is 2. The van der Waals surface area contributed by atoms with Gasteiger partial charge in [0.05, 0.1) is 21.7 Å². The lowest BCUT2D eigenvalue weighted by atomic mass is 10.2. The molecular weight excluding hydrogens is 367 g/mol. The van der Waals surface area contributed by atoms with E-state index in [1.165, 1.54) is 12.1 Å². The van der Waals surface area contributed by atoms with Crippen LogP contribution in [0.15, 0.2) is 42.5 Å². The molecule has 2 aromatic carbocycles. The van der Waals surface area contributed by atoms with E-state index in [2.05, 4.69) is 16.2 Å². The lowest BCUT2D eigenvalue weighted by molar-refractivity contribution is -0.123. The van der Waals surface area contributed by atoms with Crippen molar-refractivity contribution in [2.45, 2.75) is 0 Å². The van der Waals surface area contributed by atoms with Gasteiger partial charge < -0.3 is 10.1 Å². The Labute approximate surface area is 153 Å². The standard InChI is InChI=1S/C16H12Cl2N4O3/c17-13-6-3-11(7-14(13)18)20-16(24)22-21-15(23)9-25-12-4-1-10(8-19)2-5-12/h1-7H,9H2,(H,21,23)(H2,20,22,24). The summed E-state index contributed by atoms with van der Waals surface area (Å²) in [5.41, 5.74) is 5.25. The van der Waals surface area contributed by atoms with Crippen LogP contribution in [0.25, 0.3) is 0 Å². The Kier molecular flexibility index (Phi) is 6.46. The molecule has 0 atom stereocenters. The van der Waals surface area contributed by atoms with E-state index in [1.54, 1.807) is 30.3 Å². The van der Waals surface area contributed by atoms with Gasteiger partial charge in [-0.05, 0) is 42.5 Å². The predicted octanol–water partition coefficient (Wildman–Crippen LogP) is 3.10. The Morgan fingerprint density at radius 2 is 1.76 bits per heavy atom. The average molecular weight is 379 g/mol. The van der Waals surface area contributed by atoms with Crippen molar-refractivity contribution in [3.63, 3.8) is 0 Å². The SMILES string of the molecule is N#Cc1ccc(OCC(=O)NNC(=O)Nc2ccc(Cl)c(Cl)c2)cc1. The van der Waals surface area contributed by atoms with Crippen LogP contribution in [0.2, 0.25) is 10.0 Å². The maximum atomic E-state index is 11.7. The Morgan fingerprint density at radius 1 is 1.04 bits per heavy atom. The van der Waals surface area contributed by atoms with Crippen LogP contribution in [0.4, 0.5) is 10.5 Å². The highest BCUT2D eigenvalue weighted by atomic mass is 35.5. The van der Waals surface area contributed by atoms with Crippen molar-refractivity contribution in [3.05, 3.63) is 58.1 Å². The van der Waals surface area contributed by atoms with Gasteiger partial charge in [0.25, 0.3) is 5.91 Å². The van der Waals surface area contributed by atoms with E-state index in [1.807, 2.05) is 6.07 Å². The number of benzene rings is 2. The van der Waals surface area contributed by atoms with Crippen molar-refractivity contribution in [1.82, 2.24) is 10.9 Å². The number of hydrazine groups is 1. The summed E-state index contributed by atoms with van der Waals surface area (Å²) in [4.78, 5) is 23.3. The average Bonchev–Trinajstić information content (AvgIpc) is 2.61. The fraction of sp³-hybridized carbons (Fsp3) is 0.0625. The third-order valence-corrected chi connectivity index (χ3v) is 3.59. The highest BCUT2D eigenvalue weighted by Gasteiger charge is 2.07. The van der Waals surface area contributed by atoms with E-state index in [0.717, 1.165) is 0 Å². The molecule has 3 N–H and O–H groups in total. The number of nitrogens with one attached hydrogen (secondary N) is 3. The van der Waals surface area contributed by atoms with Crippen molar-refractivity contribution in [2.24, 2.45) is 0 Å². The summed E-state index contributed by atoms with van der Waals surface area (Å²) in [7, 11) is 0. The largest absolute Gasteiger partial charge is 0.484 e. The first kappa shape index (κ1) is 18.4. The minimum atomic E-state index is -0.662. The van der Waals surface area contributed by atoms with E-state index in [-0.39, 0.29) is 6.61 Å². The predicted molar refractivity (Wildman–Crippen MR) is 93.4 cm³/mol. The zero-order chi connectivity index (χ0) is 18.2. The molecule has 0 fully saturated rings. The second kappa shape index (κ2) is 8.78. The molecule has 2 aromatic rings. The zero-order valence-corrected chi connectivity index (χ0v) is 14.2. The fourth-order valence-corrected chi connectivity index (χ4v) is 1.97. The number of anilines is 1. The highest BCUT2D eigenvalue weighted by Crippen LogP contribution is 2.24. The lowest BCUT2D eigenvalue weighted by Crippen LogP contribution is -2.45. The Hall–Kier alpha value is -2.95. The van der Waals surface area contributed by atoms with Crippen LogP contribution in [0.5, 0.6) is 5.75 Å². The molecule has 0 saturated heterocycles. The van der Waals surface area contributed by atoms with Crippen LogP contribution < -0.4 is 20.9 Å². The molecule has 7 nitrogen and oxygen atoms in total. The molecule has 3 amide bonds. The van der Waals surface area contributed by atoms with Gasteiger partial charge in [-0.1, -0.05) is 23.2 Å². The van der Waals surface area contributed by atoms with Gasteiger partial charge in [-0.3, -0.25) is 10.2 Å². The number of ether oxygens (including phenoxy) is 1. The molecule has 0 spiro atoms. The first-order chi connectivity index (χ1) is 12.0. The quantitative estimate of drug-likeness (QED) is 0.711. The van der Waals surface area contributed by atoms with Crippen molar-refractivity contribution >= 4 is 40.8 Å². The summed E-state index contributed by atoms with van der Waals surface area (Å²) in [5, 5.41) is 11.8. The highest BCUT2D eigenvalue weighted by molar-refractivity contribution is 6.42. The molecule has 0 unspecified atom stereocenters. The van der Waals surface area contributed by atoms with Gasteiger partial charge in [0, 0.05) is 5.69 Å². The molecular formula is C16H12Cl2N4O3. The lowest BCUT2D eigenvalue weighted by Gasteiger charge is -2.10. The van der Waals surface area contributed by atoms with E-state index >= 15 is 0 Å². The molecule has 2 rings (SSSR count). The normalized spacial score (nSPS) is 9.64. The number of rotatable bonds is 4. The van der Waals surface area contributed by atoms with Crippen LogP contribution in [-0.4, -0.2) is 18.5 Å². The molecule has 0 aliphatic rings. The van der Waals surface area contributed by atoms with Crippen molar-refractivity contribution < 1.29 is 14.3 Å². The van der Waals surface area contributed by atoms with E-state index < -0.39 is 11.9 Å². The summed E-state index contributed by atoms with van der Waals surface area (Å²) in [6.07, 6.45) is 0. The molecule has 0 aromatic heterocycles. The molecule has 0 saturated carbocycles. The first-order valence-electron chi connectivity index (χ1n) is 6.92. The second-order valence-electron chi connectivity index (χ2n) is 4.68. The number of carbonyl (C=O) groups is 2. The maximum Gasteiger partial charge on any atom is 0.337 e. The molecule has 0 bridgehead atoms. The van der Waals surface area contributed by atoms with Crippen LogP contribution in [0, 0.1) is 11.3 Å². The van der Waals surface area contributed by atoms with Crippen molar-refractivity contribution in [1.29, 1.82) is 5.26 Å². The van der Waals surface area contributed by atoms with Crippen molar-refractivity contribution in [2.75, 3.05) is 11.9 Å². The van der Waals surface area contributed by atoms with Crippen LogP contribution in [-0.2, 0) is 4.79 Å². The van der Waals surface area contributed by atoms with Crippen LogP contribution >= 0.6 is 23.2 Å². The number of nitriles is 1. The third kappa shape index (κ3) is 5.88. The van der Waals surface area contributed by atoms with Gasteiger partial charge >= 0.3 is 6.03 Å². The molecule has 0 aliphatic carbocycles. The molecule has 0 radical (unpaired) electrons. The summed E-state index contributed by atoms with van der Waals surface area (Å²) in [5.74, 6) is -0.136. The topological polar surface area (TPSA) is 103 Å². The van der Waals surface area contributed by atoms with Crippen molar-refractivity contribution in [3.8, 4) is 11.8 Å². The van der Waals surface area contributed by atoms with Gasteiger partial charge in [-0.15, -0.1) is 0 Å². The summed E-state index contributed by atoms with van der Waals surface area (Å²) < 4.78 is 5.22.